The van der Waals surface area contributed by atoms with Crippen molar-refractivity contribution in [2.45, 2.75) is 5.88 Å². The molecule has 1 aromatic heterocycles. The molecule has 0 saturated carbocycles. The third-order valence-corrected chi connectivity index (χ3v) is 3.02. The van der Waals surface area contributed by atoms with Crippen LogP contribution in [0.15, 0.2) is 30.3 Å². The molecule has 0 N–H and O–H groups in total. The predicted molar refractivity (Wildman–Crippen MR) is 75.0 cm³/mol. The first kappa shape index (κ1) is 14.4. The molecule has 4 nitrogen and oxygen atoms in total. The molecule has 0 spiro atoms. The van der Waals surface area contributed by atoms with Crippen molar-refractivity contribution in [2.75, 3.05) is 14.1 Å². The fraction of sp³-hybridized carbons (Fsp3) is 0.214. The van der Waals surface area contributed by atoms with E-state index in [1.165, 1.54) is 23.1 Å². The summed E-state index contributed by atoms with van der Waals surface area (Å²) in [4.78, 5) is 13.5. The van der Waals surface area contributed by atoms with Crippen molar-refractivity contribution < 1.29 is 9.18 Å². The van der Waals surface area contributed by atoms with Gasteiger partial charge in [0.05, 0.1) is 17.3 Å². The molecule has 20 heavy (non-hydrogen) atoms. The second-order valence-corrected chi connectivity index (χ2v) is 4.70. The van der Waals surface area contributed by atoms with Crippen LogP contribution in [0.25, 0.3) is 11.3 Å². The molecule has 0 fully saturated rings. The smallest absolute Gasteiger partial charge is 0.254 e. The van der Waals surface area contributed by atoms with Crippen LogP contribution >= 0.6 is 11.6 Å². The minimum atomic E-state index is -0.432. The van der Waals surface area contributed by atoms with Gasteiger partial charge in [0, 0.05) is 25.2 Å². The summed E-state index contributed by atoms with van der Waals surface area (Å²) in [5.41, 5.74) is 1.84. The molecule has 6 heteroatoms. The Morgan fingerprint density at radius 2 is 2.00 bits per heavy atom. The molecular formula is C14H13ClFN3O. The van der Waals surface area contributed by atoms with Crippen molar-refractivity contribution in [2.24, 2.45) is 0 Å². The highest BCUT2D eigenvalue weighted by Crippen LogP contribution is 2.23. The van der Waals surface area contributed by atoms with Crippen molar-refractivity contribution in [3.05, 3.63) is 47.4 Å². The van der Waals surface area contributed by atoms with Gasteiger partial charge in [-0.2, -0.15) is 10.2 Å². The SMILES string of the molecule is CN(C)C(=O)c1ccc(F)cc1-c1ccc(CCl)nn1. The highest BCUT2D eigenvalue weighted by Gasteiger charge is 2.16. The second-order valence-electron chi connectivity index (χ2n) is 4.43. The number of aromatic nitrogens is 2. The van der Waals surface area contributed by atoms with E-state index in [2.05, 4.69) is 10.2 Å². The molecule has 0 bridgehead atoms. The highest BCUT2D eigenvalue weighted by molar-refractivity contribution is 6.16. The molecule has 0 radical (unpaired) electrons. The maximum absolute atomic E-state index is 13.4. The topological polar surface area (TPSA) is 46.1 Å². The number of amides is 1. The monoisotopic (exact) mass is 293 g/mol. The van der Waals surface area contributed by atoms with Crippen molar-refractivity contribution in [1.82, 2.24) is 15.1 Å². The van der Waals surface area contributed by atoms with Crippen molar-refractivity contribution in [3.63, 3.8) is 0 Å². The molecule has 0 aliphatic carbocycles. The summed E-state index contributed by atoms with van der Waals surface area (Å²) in [6.07, 6.45) is 0. The maximum atomic E-state index is 13.4. The van der Waals surface area contributed by atoms with E-state index < -0.39 is 5.82 Å². The molecule has 2 rings (SSSR count). The molecule has 0 aliphatic rings. The predicted octanol–water partition coefficient (Wildman–Crippen LogP) is 2.72. The molecule has 1 heterocycles. The zero-order chi connectivity index (χ0) is 14.7. The van der Waals surface area contributed by atoms with E-state index in [9.17, 15) is 9.18 Å². The molecule has 104 valence electrons. The second kappa shape index (κ2) is 5.96. The van der Waals surface area contributed by atoms with E-state index in [4.69, 9.17) is 11.6 Å². The maximum Gasteiger partial charge on any atom is 0.254 e. The number of halogens is 2. The fourth-order valence-electron chi connectivity index (χ4n) is 1.73. The Morgan fingerprint density at radius 1 is 1.25 bits per heavy atom. The van der Waals surface area contributed by atoms with Crippen molar-refractivity contribution >= 4 is 17.5 Å². The van der Waals surface area contributed by atoms with Gasteiger partial charge in [0.15, 0.2) is 0 Å². The summed E-state index contributed by atoms with van der Waals surface area (Å²) >= 11 is 5.65. The molecule has 2 aromatic rings. The van der Waals surface area contributed by atoms with Crippen molar-refractivity contribution in [3.8, 4) is 11.3 Å². The van der Waals surface area contributed by atoms with Crippen LogP contribution in [0.1, 0.15) is 16.1 Å². The quantitative estimate of drug-likeness (QED) is 0.818. The molecule has 0 aliphatic heterocycles. The number of hydrogen-bond acceptors (Lipinski definition) is 3. The van der Waals surface area contributed by atoms with Crippen LogP contribution in [0.5, 0.6) is 0 Å². The Kier molecular flexibility index (Phi) is 4.29. The normalized spacial score (nSPS) is 10.4. The van der Waals surface area contributed by atoms with Gasteiger partial charge in [0.25, 0.3) is 5.91 Å². The Labute approximate surface area is 121 Å². The van der Waals surface area contributed by atoms with Gasteiger partial charge in [-0.1, -0.05) is 0 Å². The van der Waals surface area contributed by atoms with E-state index >= 15 is 0 Å². The number of benzene rings is 1. The lowest BCUT2D eigenvalue weighted by molar-refractivity contribution is 0.0828. The first-order valence-corrected chi connectivity index (χ1v) is 6.46. The molecule has 0 saturated heterocycles. The van der Waals surface area contributed by atoms with Gasteiger partial charge in [-0.25, -0.2) is 4.39 Å². The van der Waals surface area contributed by atoms with Gasteiger partial charge in [0.1, 0.15) is 5.82 Å². The Morgan fingerprint density at radius 3 is 2.55 bits per heavy atom. The van der Waals surface area contributed by atoms with E-state index in [0.29, 0.717) is 22.5 Å². The van der Waals surface area contributed by atoms with E-state index in [1.54, 1.807) is 26.2 Å². The van der Waals surface area contributed by atoms with Crippen molar-refractivity contribution in [1.29, 1.82) is 0 Å². The van der Waals surface area contributed by atoms with Gasteiger partial charge >= 0.3 is 0 Å². The van der Waals surface area contributed by atoms with Crippen LogP contribution in [-0.2, 0) is 5.88 Å². The molecular weight excluding hydrogens is 281 g/mol. The van der Waals surface area contributed by atoms with Gasteiger partial charge in [-0.3, -0.25) is 4.79 Å². The summed E-state index contributed by atoms with van der Waals surface area (Å²) in [6.45, 7) is 0. The lowest BCUT2D eigenvalue weighted by Crippen LogP contribution is -2.22. The summed E-state index contributed by atoms with van der Waals surface area (Å²) in [5.74, 6) is -0.401. The van der Waals surface area contributed by atoms with E-state index in [0.717, 1.165) is 0 Å². The lowest BCUT2D eigenvalue weighted by atomic mass is 10.0. The zero-order valence-corrected chi connectivity index (χ0v) is 11.9. The molecule has 1 aromatic carbocycles. The Balaban J connectivity index is 2.53. The van der Waals surface area contributed by atoms with Crippen LogP contribution in [0.4, 0.5) is 4.39 Å². The minimum absolute atomic E-state index is 0.219. The first-order valence-electron chi connectivity index (χ1n) is 5.93. The molecule has 1 amide bonds. The van der Waals surface area contributed by atoms with Crippen LogP contribution in [0.2, 0.25) is 0 Å². The van der Waals surface area contributed by atoms with Gasteiger partial charge in [-0.05, 0) is 30.3 Å². The summed E-state index contributed by atoms with van der Waals surface area (Å²) in [7, 11) is 3.27. The third kappa shape index (κ3) is 2.93. The number of alkyl halides is 1. The van der Waals surface area contributed by atoms with Crippen LogP contribution in [-0.4, -0.2) is 35.1 Å². The van der Waals surface area contributed by atoms with Gasteiger partial charge in [0.2, 0.25) is 0 Å². The average Bonchev–Trinajstić information content (AvgIpc) is 2.46. The lowest BCUT2D eigenvalue weighted by Gasteiger charge is -2.13. The van der Waals surface area contributed by atoms with E-state index in [-0.39, 0.29) is 11.8 Å². The van der Waals surface area contributed by atoms with Gasteiger partial charge < -0.3 is 4.90 Å². The van der Waals surface area contributed by atoms with Crippen LogP contribution in [0, 0.1) is 5.82 Å². The fourth-order valence-corrected chi connectivity index (χ4v) is 1.87. The molecule has 0 unspecified atom stereocenters. The summed E-state index contributed by atoms with van der Waals surface area (Å²) in [6, 6.07) is 7.35. The minimum Gasteiger partial charge on any atom is -0.345 e. The largest absolute Gasteiger partial charge is 0.345 e. The first-order chi connectivity index (χ1) is 9.52. The number of carbonyl (C=O) groups is 1. The molecule has 0 atom stereocenters. The summed E-state index contributed by atoms with van der Waals surface area (Å²) in [5, 5.41) is 7.91. The Bertz CT molecular complexity index is 629. The number of hydrogen-bond donors (Lipinski definition) is 0. The van der Waals surface area contributed by atoms with Gasteiger partial charge in [-0.15, -0.1) is 11.6 Å². The van der Waals surface area contributed by atoms with Crippen LogP contribution < -0.4 is 0 Å². The highest BCUT2D eigenvalue weighted by atomic mass is 35.5. The third-order valence-electron chi connectivity index (χ3n) is 2.75. The number of rotatable bonds is 3. The van der Waals surface area contributed by atoms with E-state index in [1.807, 2.05) is 0 Å². The number of carbonyl (C=O) groups excluding carboxylic acids is 1. The van der Waals surface area contributed by atoms with Crippen LogP contribution in [0.3, 0.4) is 0 Å². The summed E-state index contributed by atoms with van der Waals surface area (Å²) < 4.78 is 13.4. The average molecular weight is 294 g/mol. The number of nitrogens with zero attached hydrogens (tertiary/aromatic N) is 3. The zero-order valence-electron chi connectivity index (χ0n) is 11.1. The Hall–Kier alpha value is -2.01. The standard InChI is InChI=1S/C14H13ClFN3O/c1-19(2)14(20)11-5-3-9(16)7-12(11)13-6-4-10(8-15)17-18-13/h3-7H,8H2,1-2H3.